The van der Waals surface area contributed by atoms with Gasteiger partial charge in [0.05, 0.1) is 28.9 Å². The van der Waals surface area contributed by atoms with Crippen molar-refractivity contribution in [2.45, 2.75) is 0 Å². The van der Waals surface area contributed by atoms with Gasteiger partial charge in [-0.1, -0.05) is 29.3 Å². The molecule has 0 radical (unpaired) electrons. The Morgan fingerprint density at radius 1 is 1.19 bits per heavy atom. The predicted molar refractivity (Wildman–Crippen MR) is 104 cm³/mol. The topological polar surface area (TPSA) is 66.5 Å². The molecule has 0 spiro atoms. The Balaban J connectivity index is 1.58. The third-order valence-electron chi connectivity index (χ3n) is 4.06. The van der Waals surface area contributed by atoms with Crippen molar-refractivity contribution in [2.75, 3.05) is 50.0 Å². The molecule has 2 aromatic rings. The first-order chi connectivity index (χ1) is 12.6. The number of morpholine rings is 1. The fourth-order valence-corrected chi connectivity index (χ4v) is 3.13. The first kappa shape index (κ1) is 18.9. The molecule has 3 rings (SSSR count). The van der Waals surface area contributed by atoms with Gasteiger partial charge in [0.1, 0.15) is 5.82 Å². The molecule has 1 fully saturated rings. The van der Waals surface area contributed by atoms with Crippen LogP contribution in [0.25, 0.3) is 0 Å². The lowest BCUT2D eigenvalue weighted by Crippen LogP contribution is -2.39. The number of nitrogens with zero attached hydrogens (tertiary/aromatic N) is 2. The van der Waals surface area contributed by atoms with E-state index in [9.17, 15) is 4.79 Å². The number of halogens is 2. The molecule has 138 valence electrons. The van der Waals surface area contributed by atoms with Gasteiger partial charge in [0, 0.05) is 37.9 Å². The van der Waals surface area contributed by atoms with E-state index in [1.807, 2.05) is 0 Å². The van der Waals surface area contributed by atoms with Crippen LogP contribution in [0.3, 0.4) is 0 Å². The lowest BCUT2D eigenvalue weighted by atomic mass is 10.2. The Labute approximate surface area is 162 Å². The Kier molecular flexibility index (Phi) is 6.68. The summed E-state index contributed by atoms with van der Waals surface area (Å²) < 4.78 is 5.33. The largest absolute Gasteiger partial charge is 0.379 e. The highest BCUT2D eigenvalue weighted by Crippen LogP contribution is 2.30. The molecule has 1 amide bonds. The number of pyridine rings is 1. The van der Waals surface area contributed by atoms with Crippen LogP contribution in [0, 0.1) is 0 Å². The third-order valence-corrected chi connectivity index (χ3v) is 4.69. The lowest BCUT2D eigenvalue weighted by Gasteiger charge is -2.26. The fraction of sp³-hybridized carbons (Fsp3) is 0.333. The number of hydrogen-bond donors (Lipinski definition) is 2. The minimum atomic E-state index is -0.293. The highest BCUT2D eigenvalue weighted by molar-refractivity contribution is 6.40. The number of amides is 1. The van der Waals surface area contributed by atoms with E-state index in [-0.39, 0.29) is 5.91 Å². The number of anilines is 2. The zero-order valence-corrected chi connectivity index (χ0v) is 15.7. The predicted octanol–water partition coefficient (Wildman–Crippen LogP) is 3.38. The molecule has 1 aliphatic rings. The van der Waals surface area contributed by atoms with Crippen molar-refractivity contribution in [2.24, 2.45) is 0 Å². The Bertz CT molecular complexity index is 746. The van der Waals surface area contributed by atoms with Crippen LogP contribution in [0.1, 0.15) is 10.4 Å². The monoisotopic (exact) mass is 394 g/mol. The maximum absolute atomic E-state index is 12.5. The molecule has 1 aromatic heterocycles. The van der Waals surface area contributed by atoms with Crippen LogP contribution < -0.4 is 10.6 Å². The SMILES string of the molecule is O=C(Nc1c(Cl)cccc1Cl)c1ccnc(NCCN2CCOCC2)c1. The summed E-state index contributed by atoms with van der Waals surface area (Å²) in [6.07, 6.45) is 1.60. The molecule has 8 heteroatoms. The lowest BCUT2D eigenvalue weighted by molar-refractivity contribution is 0.0398. The molecule has 2 N–H and O–H groups in total. The summed E-state index contributed by atoms with van der Waals surface area (Å²) in [6, 6.07) is 8.43. The van der Waals surface area contributed by atoms with E-state index in [1.165, 1.54) is 0 Å². The minimum Gasteiger partial charge on any atom is -0.379 e. The number of carbonyl (C=O) groups excluding carboxylic acids is 1. The average Bonchev–Trinajstić information content (AvgIpc) is 2.66. The number of ether oxygens (including phenoxy) is 1. The fourth-order valence-electron chi connectivity index (χ4n) is 2.64. The second kappa shape index (κ2) is 9.19. The van der Waals surface area contributed by atoms with Gasteiger partial charge in [0.2, 0.25) is 0 Å². The van der Waals surface area contributed by atoms with E-state index in [4.69, 9.17) is 27.9 Å². The molecular formula is C18H20Cl2N4O2. The normalized spacial score (nSPS) is 14.8. The minimum absolute atomic E-state index is 0.293. The van der Waals surface area contributed by atoms with Crippen LogP contribution in [0.5, 0.6) is 0 Å². The van der Waals surface area contributed by atoms with Crippen molar-refractivity contribution in [1.82, 2.24) is 9.88 Å². The number of hydrogen-bond acceptors (Lipinski definition) is 5. The molecule has 2 heterocycles. The van der Waals surface area contributed by atoms with Gasteiger partial charge in [-0.3, -0.25) is 9.69 Å². The second-order valence-electron chi connectivity index (χ2n) is 5.86. The zero-order valence-electron chi connectivity index (χ0n) is 14.2. The van der Waals surface area contributed by atoms with Gasteiger partial charge < -0.3 is 15.4 Å². The third kappa shape index (κ3) is 5.08. The van der Waals surface area contributed by atoms with Crippen molar-refractivity contribution in [3.05, 3.63) is 52.1 Å². The van der Waals surface area contributed by atoms with Gasteiger partial charge in [0.25, 0.3) is 5.91 Å². The molecule has 0 atom stereocenters. The smallest absolute Gasteiger partial charge is 0.255 e. The molecule has 1 saturated heterocycles. The molecule has 0 unspecified atom stereocenters. The van der Waals surface area contributed by atoms with Crippen LogP contribution in [0.15, 0.2) is 36.5 Å². The molecule has 0 bridgehead atoms. The number of carbonyl (C=O) groups is 1. The molecule has 1 aromatic carbocycles. The van der Waals surface area contributed by atoms with Crippen LogP contribution in [-0.4, -0.2) is 55.2 Å². The van der Waals surface area contributed by atoms with Crippen molar-refractivity contribution in [3.63, 3.8) is 0 Å². The van der Waals surface area contributed by atoms with Gasteiger partial charge in [0.15, 0.2) is 0 Å². The van der Waals surface area contributed by atoms with Crippen LogP contribution >= 0.6 is 23.2 Å². The Morgan fingerprint density at radius 3 is 2.65 bits per heavy atom. The molecule has 0 saturated carbocycles. The van der Waals surface area contributed by atoms with E-state index in [1.54, 1.807) is 36.5 Å². The summed E-state index contributed by atoms with van der Waals surface area (Å²) in [5.74, 6) is 0.356. The van der Waals surface area contributed by atoms with Crippen molar-refractivity contribution < 1.29 is 9.53 Å². The number of rotatable bonds is 6. The molecule has 6 nitrogen and oxygen atoms in total. The van der Waals surface area contributed by atoms with E-state index >= 15 is 0 Å². The standard InChI is InChI=1S/C18H20Cl2N4O2/c19-14-2-1-3-15(20)17(14)23-18(25)13-4-5-21-16(12-13)22-6-7-24-8-10-26-11-9-24/h1-5,12H,6-11H2,(H,21,22)(H,23,25). The van der Waals surface area contributed by atoms with Crippen molar-refractivity contribution in [1.29, 1.82) is 0 Å². The van der Waals surface area contributed by atoms with Gasteiger partial charge in [-0.15, -0.1) is 0 Å². The van der Waals surface area contributed by atoms with Gasteiger partial charge >= 0.3 is 0 Å². The van der Waals surface area contributed by atoms with Crippen molar-refractivity contribution in [3.8, 4) is 0 Å². The highest BCUT2D eigenvalue weighted by atomic mass is 35.5. The molecular weight excluding hydrogens is 375 g/mol. The first-order valence-corrected chi connectivity index (χ1v) is 9.14. The maximum Gasteiger partial charge on any atom is 0.255 e. The number of nitrogens with one attached hydrogen (secondary N) is 2. The number of para-hydroxylation sites is 1. The summed E-state index contributed by atoms with van der Waals surface area (Å²) in [5, 5.41) is 6.78. The Morgan fingerprint density at radius 2 is 1.92 bits per heavy atom. The van der Waals surface area contributed by atoms with Crippen molar-refractivity contribution >= 4 is 40.6 Å². The maximum atomic E-state index is 12.5. The average molecular weight is 395 g/mol. The number of benzene rings is 1. The van der Waals surface area contributed by atoms with Crippen LogP contribution in [-0.2, 0) is 4.74 Å². The molecule has 1 aliphatic heterocycles. The summed E-state index contributed by atoms with van der Waals surface area (Å²) in [5.41, 5.74) is 0.879. The van der Waals surface area contributed by atoms with E-state index in [0.29, 0.717) is 27.1 Å². The van der Waals surface area contributed by atoms with Gasteiger partial charge in [-0.05, 0) is 24.3 Å². The van der Waals surface area contributed by atoms with Crippen LogP contribution in [0.2, 0.25) is 10.0 Å². The van der Waals surface area contributed by atoms with E-state index < -0.39 is 0 Å². The first-order valence-electron chi connectivity index (χ1n) is 8.39. The van der Waals surface area contributed by atoms with Crippen LogP contribution in [0.4, 0.5) is 11.5 Å². The molecule has 26 heavy (non-hydrogen) atoms. The quantitative estimate of drug-likeness (QED) is 0.785. The van der Waals surface area contributed by atoms with E-state index in [2.05, 4.69) is 20.5 Å². The zero-order chi connectivity index (χ0) is 18.4. The second-order valence-corrected chi connectivity index (χ2v) is 6.68. The summed E-state index contributed by atoms with van der Waals surface area (Å²) in [7, 11) is 0. The highest BCUT2D eigenvalue weighted by Gasteiger charge is 2.13. The summed E-state index contributed by atoms with van der Waals surface area (Å²) >= 11 is 12.2. The van der Waals surface area contributed by atoms with Gasteiger partial charge in [-0.2, -0.15) is 0 Å². The number of aromatic nitrogens is 1. The summed E-state index contributed by atoms with van der Waals surface area (Å²) in [6.45, 7) is 5.08. The van der Waals surface area contributed by atoms with Gasteiger partial charge in [-0.25, -0.2) is 4.98 Å². The molecule has 0 aliphatic carbocycles. The Hall–Kier alpha value is -1.86. The summed E-state index contributed by atoms with van der Waals surface area (Å²) in [4.78, 5) is 19.1. The van der Waals surface area contributed by atoms with E-state index in [0.717, 1.165) is 39.4 Å².